The van der Waals surface area contributed by atoms with E-state index in [9.17, 15) is 4.79 Å². The molecule has 0 N–H and O–H groups in total. The van der Waals surface area contributed by atoms with E-state index in [4.69, 9.17) is 4.74 Å². The van der Waals surface area contributed by atoms with Gasteiger partial charge >= 0.3 is 5.97 Å². The number of fused-ring (bicyclic) bond motifs is 1. The number of esters is 1. The Labute approximate surface area is 98.3 Å². The van der Waals surface area contributed by atoms with Crippen molar-refractivity contribution in [2.75, 3.05) is 6.61 Å². The quantitative estimate of drug-likeness (QED) is 0.603. The molecule has 0 saturated heterocycles. The van der Waals surface area contributed by atoms with Crippen molar-refractivity contribution in [1.82, 2.24) is 0 Å². The van der Waals surface area contributed by atoms with Crippen LogP contribution in [0, 0.1) is 6.92 Å². The van der Waals surface area contributed by atoms with Gasteiger partial charge in [0, 0.05) is 19.9 Å². The number of hydrogen-bond donors (Lipinski definition) is 0. The Balaban J connectivity index is 2.22. The lowest BCUT2D eigenvalue weighted by atomic mass is 10.3. The van der Waals surface area contributed by atoms with Crippen LogP contribution in [0.25, 0.3) is 10.2 Å². The van der Waals surface area contributed by atoms with Gasteiger partial charge in [0.15, 0.2) is 13.2 Å². The van der Waals surface area contributed by atoms with Crippen molar-refractivity contribution in [1.29, 1.82) is 0 Å². The SMILES string of the molecule is CC(=O)OCC[n+]1c(C)sc2ccccc21. The fourth-order valence-electron chi connectivity index (χ4n) is 1.71. The number of thiazole rings is 1. The highest BCUT2D eigenvalue weighted by molar-refractivity contribution is 7.18. The normalized spacial score (nSPS) is 10.6. The number of carbonyl (C=O) groups excluding carboxylic acids is 1. The predicted octanol–water partition coefficient (Wildman–Crippen LogP) is 2.06. The zero-order valence-corrected chi connectivity index (χ0v) is 10.2. The van der Waals surface area contributed by atoms with E-state index in [0.29, 0.717) is 6.61 Å². The number of nitrogens with zero attached hydrogens (tertiary/aromatic N) is 1. The van der Waals surface area contributed by atoms with Crippen molar-refractivity contribution in [3.05, 3.63) is 29.3 Å². The van der Waals surface area contributed by atoms with E-state index in [-0.39, 0.29) is 5.97 Å². The molecule has 16 heavy (non-hydrogen) atoms. The van der Waals surface area contributed by atoms with E-state index in [1.165, 1.54) is 22.1 Å². The van der Waals surface area contributed by atoms with Gasteiger partial charge in [0.1, 0.15) is 4.70 Å². The Morgan fingerprint density at radius 2 is 2.19 bits per heavy atom. The molecule has 0 amide bonds. The summed E-state index contributed by atoms with van der Waals surface area (Å²) in [7, 11) is 0. The van der Waals surface area contributed by atoms with Crippen molar-refractivity contribution in [2.45, 2.75) is 20.4 Å². The number of hydrogen-bond acceptors (Lipinski definition) is 3. The summed E-state index contributed by atoms with van der Waals surface area (Å²) >= 11 is 1.76. The van der Waals surface area contributed by atoms with Crippen LogP contribution in [-0.2, 0) is 16.1 Å². The minimum Gasteiger partial charge on any atom is -0.459 e. The number of ether oxygens (including phenoxy) is 1. The second-order valence-electron chi connectivity index (χ2n) is 3.58. The molecule has 0 aliphatic heterocycles. The molecule has 2 rings (SSSR count). The van der Waals surface area contributed by atoms with Gasteiger partial charge in [-0.1, -0.05) is 23.5 Å². The lowest BCUT2D eigenvalue weighted by Gasteiger charge is -1.98. The standard InChI is InChI=1S/C12H14NO2S/c1-9-13(7-8-15-10(2)14)11-5-3-4-6-12(11)16-9/h3-6H,7-8H2,1-2H3/q+1. The van der Waals surface area contributed by atoms with Gasteiger partial charge in [0.05, 0.1) is 0 Å². The minimum atomic E-state index is -0.224. The molecule has 1 aromatic heterocycles. The summed E-state index contributed by atoms with van der Waals surface area (Å²) in [4.78, 5) is 10.7. The van der Waals surface area contributed by atoms with Crippen molar-refractivity contribution in [3.8, 4) is 0 Å². The third-order valence-electron chi connectivity index (χ3n) is 2.41. The molecular weight excluding hydrogens is 222 g/mol. The maximum atomic E-state index is 10.7. The van der Waals surface area contributed by atoms with Crippen LogP contribution in [0.2, 0.25) is 0 Å². The highest BCUT2D eigenvalue weighted by atomic mass is 32.1. The Hall–Kier alpha value is -1.42. The fraction of sp³-hybridized carbons (Fsp3) is 0.333. The van der Waals surface area contributed by atoms with Crippen LogP contribution in [-0.4, -0.2) is 12.6 Å². The Bertz CT molecular complexity index is 519. The second-order valence-corrected chi connectivity index (χ2v) is 4.82. The molecule has 0 aliphatic rings. The molecule has 0 saturated carbocycles. The van der Waals surface area contributed by atoms with Gasteiger partial charge in [-0.25, -0.2) is 0 Å². The monoisotopic (exact) mass is 236 g/mol. The lowest BCUT2D eigenvalue weighted by molar-refractivity contribution is -0.674. The van der Waals surface area contributed by atoms with E-state index in [2.05, 4.69) is 23.6 Å². The Kier molecular flexibility index (Phi) is 3.19. The molecule has 0 bridgehead atoms. The smallest absolute Gasteiger partial charge is 0.302 e. The third kappa shape index (κ3) is 2.22. The van der Waals surface area contributed by atoms with E-state index in [0.717, 1.165) is 6.54 Å². The maximum Gasteiger partial charge on any atom is 0.302 e. The molecule has 0 radical (unpaired) electrons. The molecule has 0 fully saturated rings. The van der Waals surface area contributed by atoms with Gasteiger partial charge in [0.2, 0.25) is 10.5 Å². The summed E-state index contributed by atoms with van der Waals surface area (Å²) in [5, 5.41) is 1.23. The van der Waals surface area contributed by atoms with Gasteiger partial charge in [-0.2, -0.15) is 4.57 Å². The largest absolute Gasteiger partial charge is 0.459 e. The summed E-state index contributed by atoms with van der Waals surface area (Å²) < 4.78 is 8.41. The lowest BCUT2D eigenvalue weighted by Crippen LogP contribution is -2.37. The zero-order chi connectivity index (χ0) is 11.5. The van der Waals surface area contributed by atoms with E-state index >= 15 is 0 Å². The Morgan fingerprint density at radius 3 is 2.94 bits per heavy atom. The Morgan fingerprint density at radius 1 is 1.44 bits per heavy atom. The topological polar surface area (TPSA) is 30.2 Å². The molecule has 0 spiro atoms. The zero-order valence-electron chi connectivity index (χ0n) is 9.40. The van der Waals surface area contributed by atoms with E-state index in [1.807, 2.05) is 12.1 Å². The summed E-state index contributed by atoms with van der Waals surface area (Å²) in [6.45, 7) is 4.67. The van der Waals surface area contributed by atoms with Crippen molar-refractivity contribution in [2.24, 2.45) is 0 Å². The number of carbonyl (C=O) groups is 1. The van der Waals surface area contributed by atoms with Gasteiger partial charge in [-0.15, -0.1) is 0 Å². The first-order valence-electron chi connectivity index (χ1n) is 5.20. The van der Waals surface area contributed by atoms with Crippen LogP contribution >= 0.6 is 11.3 Å². The molecule has 1 aromatic carbocycles. The van der Waals surface area contributed by atoms with Crippen molar-refractivity contribution >= 4 is 27.5 Å². The van der Waals surface area contributed by atoms with Crippen molar-refractivity contribution < 1.29 is 14.1 Å². The van der Waals surface area contributed by atoms with Gasteiger partial charge in [-0.05, 0) is 6.07 Å². The average Bonchev–Trinajstić information content (AvgIpc) is 2.55. The molecule has 84 valence electrons. The summed E-state index contributed by atoms with van der Waals surface area (Å²) in [6.07, 6.45) is 0. The molecular formula is C12H14NO2S+. The molecule has 0 atom stereocenters. The molecule has 0 aliphatic carbocycles. The van der Waals surface area contributed by atoms with Gasteiger partial charge in [-0.3, -0.25) is 4.79 Å². The van der Waals surface area contributed by atoms with E-state index < -0.39 is 0 Å². The minimum absolute atomic E-state index is 0.224. The fourth-order valence-corrected chi connectivity index (χ4v) is 2.76. The van der Waals surface area contributed by atoms with Crippen LogP contribution < -0.4 is 4.57 Å². The van der Waals surface area contributed by atoms with Gasteiger partial charge in [0.25, 0.3) is 0 Å². The van der Waals surface area contributed by atoms with Gasteiger partial charge < -0.3 is 4.74 Å². The highest BCUT2D eigenvalue weighted by Crippen LogP contribution is 2.18. The molecule has 2 aromatic rings. The second kappa shape index (κ2) is 4.61. The van der Waals surface area contributed by atoms with E-state index in [1.54, 1.807) is 11.3 Å². The number of para-hydroxylation sites is 1. The number of aryl methyl sites for hydroxylation is 1. The third-order valence-corrected chi connectivity index (χ3v) is 3.49. The first-order valence-corrected chi connectivity index (χ1v) is 6.01. The first-order chi connectivity index (χ1) is 7.68. The summed E-state index contributed by atoms with van der Waals surface area (Å²) in [5.41, 5.74) is 1.21. The first kappa shape index (κ1) is 11.1. The molecule has 0 unspecified atom stereocenters. The van der Waals surface area contributed by atoms with Crippen molar-refractivity contribution in [3.63, 3.8) is 0 Å². The van der Waals surface area contributed by atoms with Crippen LogP contribution in [0.4, 0.5) is 0 Å². The van der Waals surface area contributed by atoms with Crippen LogP contribution in [0.15, 0.2) is 24.3 Å². The number of benzene rings is 1. The average molecular weight is 236 g/mol. The highest BCUT2D eigenvalue weighted by Gasteiger charge is 2.16. The predicted molar refractivity (Wildman–Crippen MR) is 63.4 cm³/mol. The summed E-state index contributed by atoms with van der Waals surface area (Å²) in [5.74, 6) is -0.224. The molecule has 4 heteroatoms. The van der Waals surface area contributed by atoms with Crippen LogP contribution in [0.3, 0.4) is 0 Å². The summed E-state index contributed by atoms with van der Waals surface area (Å²) in [6, 6.07) is 8.26. The number of rotatable bonds is 3. The van der Waals surface area contributed by atoms with Crippen LogP contribution in [0.1, 0.15) is 11.9 Å². The number of aromatic nitrogens is 1. The van der Waals surface area contributed by atoms with Crippen LogP contribution in [0.5, 0.6) is 0 Å². The molecule has 3 nitrogen and oxygen atoms in total. The molecule has 1 heterocycles. The maximum absolute atomic E-state index is 10.7.